The Morgan fingerprint density at radius 3 is 2.50 bits per heavy atom. The second kappa shape index (κ2) is 11.5. The minimum absolute atomic E-state index is 0.0802. The Hall–Kier alpha value is -3.42. The standard InChI is InChI=1S/C29H28BrNO5/c1-19-16-23(36-18-20-8-4-3-5-9-20)12-13-24(19)27(32)25-26(21-10-6-11-22(30)17-21)31(14-7-15-35-2)29(34)28(25)33/h3-6,8-13,16-17,26,32H,7,14-15,18H2,1-2H3/t26-/m0/s1. The van der Waals surface area contributed by atoms with Gasteiger partial charge in [0.1, 0.15) is 18.1 Å². The lowest BCUT2D eigenvalue weighted by molar-refractivity contribution is -0.140. The number of methoxy groups -OCH3 is 1. The van der Waals surface area contributed by atoms with E-state index in [-0.39, 0.29) is 11.3 Å². The third kappa shape index (κ3) is 5.53. The first kappa shape index (κ1) is 25.7. The number of amides is 1. The van der Waals surface area contributed by atoms with E-state index in [1.807, 2.05) is 67.6 Å². The second-order valence-electron chi connectivity index (χ2n) is 8.64. The molecule has 0 aromatic heterocycles. The molecule has 3 aromatic carbocycles. The Balaban J connectivity index is 1.69. The summed E-state index contributed by atoms with van der Waals surface area (Å²) in [4.78, 5) is 27.7. The van der Waals surface area contributed by atoms with Crippen LogP contribution >= 0.6 is 15.9 Å². The van der Waals surface area contributed by atoms with Crippen LogP contribution in [0.3, 0.4) is 0 Å². The maximum Gasteiger partial charge on any atom is 0.295 e. The first-order valence-corrected chi connectivity index (χ1v) is 12.5. The van der Waals surface area contributed by atoms with E-state index in [4.69, 9.17) is 9.47 Å². The fourth-order valence-corrected chi connectivity index (χ4v) is 4.81. The first-order valence-electron chi connectivity index (χ1n) is 11.7. The van der Waals surface area contributed by atoms with E-state index in [0.29, 0.717) is 37.5 Å². The Bertz CT molecular complexity index is 1290. The van der Waals surface area contributed by atoms with Gasteiger partial charge in [-0.15, -0.1) is 0 Å². The van der Waals surface area contributed by atoms with Gasteiger partial charge in [-0.05, 0) is 60.4 Å². The number of benzene rings is 3. The molecule has 1 saturated heterocycles. The van der Waals surface area contributed by atoms with E-state index >= 15 is 0 Å². The zero-order chi connectivity index (χ0) is 25.7. The monoisotopic (exact) mass is 549 g/mol. The topological polar surface area (TPSA) is 76.1 Å². The molecule has 0 unspecified atom stereocenters. The van der Waals surface area contributed by atoms with Gasteiger partial charge in [0.15, 0.2) is 0 Å². The summed E-state index contributed by atoms with van der Waals surface area (Å²) in [5, 5.41) is 11.4. The molecule has 1 aliphatic heterocycles. The van der Waals surface area contributed by atoms with E-state index in [2.05, 4.69) is 15.9 Å². The van der Waals surface area contributed by atoms with Gasteiger partial charge in [0.2, 0.25) is 0 Å². The maximum absolute atomic E-state index is 13.2. The molecular weight excluding hydrogens is 522 g/mol. The lowest BCUT2D eigenvalue weighted by atomic mass is 9.94. The van der Waals surface area contributed by atoms with Gasteiger partial charge in [-0.25, -0.2) is 0 Å². The number of carbonyl (C=O) groups excluding carboxylic acids is 2. The molecule has 1 N–H and O–H groups in total. The van der Waals surface area contributed by atoms with Crippen LogP contribution in [-0.2, 0) is 20.9 Å². The highest BCUT2D eigenvalue weighted by molar-refractivity contribution is 9.10. The summed E-state index contributed by atoms with van der Waals surface area (Å²) in [7, 11) is 1.59. The van der Waals surface area contributed by atoms with E-state index < -0.39 is 17.7 Å². The van der Waals surface area contributed by atoms with Gasteiger partial charge >= 0.3 is 0 Å². The fraction of sp³-hybridized carbons (Fsp3) is 0.241. The number of likely N-dealkylation sites (tertiary alicyclic amines) is 1. The zero-order valence-electron chi connectivity index (χ0n) is 20.2. The van der Waals surface area contributed by atoms with Gasteiger partial charge in [0, 0.05) is 30.3 Å². The summed E-state index contributed by atoms with van der Waals surface area (Å²) >= 11 is 3.48. The smallest absolute Gasteiger partial charge is 0.295 e. The number of ketones is 1. The number of halogens is 1. The summed E-state index contributed by atoms with van der Waals surface area (Å²) < 4.78 is 11.9. The van der Waals surface area contributed by atoms with Crippen LogP contribution in [0.1, 0.15) is 34.7 Å². The molecule has 1 amide bonds. The molecule has 7 heteroatoms. The van der Waals surface area contributed by atoms with E-state index in [0.717, 1.165) is 21.2 Å². The van der Waals surface area contributed by atoms with Gasteiger partial charge < -0.3 is 19.5 Å². The third-order valence-electron chi connectivity index (χ3n) is 6.15. The van der Waals surface area contributed by atoms with Crippen LogP contribution in [-0.4, -0.2) is 42.0 Å². The number of aliphatic hydroxyl groups is 1. The van der Waals surface area contributed by atoms with Crippen LogP contribution in [0.25, 0.3) is 5.76 Å². The van der Waals surface area contributed by atoms with Gasteiger partial charge in [0.25, 0.3) is 11.7 Å². The van der Waals surface area contributed by atoms with Gasteiger partial charge in [0.05, 0.1) is 11.6 Å². The van der Waals surface area contributed by atoms with Crippen molar-refractivity contribution < 1.29 is 24.2 Å². The Labute approximate surface area is 219 Å². The molecular formula is C29H28BrNO5. The van der Waals surface area contributed by atoms with Crippen molar-refractivity contribution in [3.63, 3.8) is 0 Å². The SMILES string of the molecule is COCCCN1C(=O)C(=O)C(=C(O)c2ccc(OCc3ccccc3)cc2C)[C@@H]1c1cccc(Br)c1. The van der Waals surface area contributed by atoms with Crippen LogP contribution in [0.4, 0.5) is 0 Å². The number of hydrogen-bond donors (Lipinski definition) is 1. The number of ether oxygens (including phenoxy) is 2. The van der Waals surface area contributed by atoms with Gasteiger partial charge in [-0.3, -0.25) is 9.59 Å². The molecule has 0 aliphatic carbocycles. The van der Waals surface area contributed by atoms with Crippen LogP contribution in [0.2, 0.25) is 0 Å². The minimum Gasteiger partial charge on any atom is -0.507 e. The van der Waals surface area contributed by atoms with Gasteiger partial charge in [-0.2, -0.15) is 0 Å². The summed E-state index contributed by atoms with van der Waals surface area (Å²) in [5.41, 5.74) is 3.08. The number of hydrogen-bond acceptors (Lipinski definition) is 5. The number of rotatable bonds is 9. The quantitative estimate of drug-likeness (QED) is 0.158. The second-order valence-corrected chi connectivity index (χ2v) is 9.56. The Morgan fingerprint density at radius 1 is 1.03 bits per heavy atom. The molecule has 6 nitrogen and oxygen atoms in total. The minimum atomic E-state index is -0.701. The number of Topliss-reactive ketones (excluding diaryl/α,β-unsaturated/α-hetero) is 1. The van der Waals surface area contributed by atoms with Crippen molar-refractivity contribution in [1.82, 2.24) is 4.90 Å². The molecule has 0 bridgehead atoms. The zero-order valence-corrected chi connectivity index (χ0v) is 21.8. The molecule has 1 heterocycles. The average molecular weight is 550 g/mol. The number of nitrogens with zero attached hydrogens (tertiary/aromatic N) is 1. The normalized spacial score (nSPS) is 17.0. The van der Waals surface area contributed by atoms with Gasteiger partial charge in [-0.1, -0.05) is 58.4 Å². The largest absolute Gasteiger partial charge is 0.507 e. The van der Waals surface area contributed by atoms with Crippen LogP contribution in [0.5, 0.6) is 5.75 Å². The van der Waals surface area contributed by atoms with Crippen molar-refractivity contribution in [2.24, 2.45) is 0 Å². The van der Waals surface area contributed by atoms with E-state index in [1.54, 1.807) is 19.2 Å². The molecule has 1 fully saturated rings. The molecule has 1 aliphatic rings. The van der Waals surface area contributed by atoms with Crippen molar-refractivity contribution in [2.45, 2.75) is 26.0 Å². The molecule has 186 valence electrons. The fourth-order valence-electron chi connectivity index (χ4n) is 4.39. The molecule has 0 saturated carbocycles. The number of aliphatic hydroxyl groups excluding tert-OH is 1. The molecule has 4 rings (SSSR count). The summed E-state index contributed by atoms with van der Waals surface area (Å²) in [6.45, 7) is 3.05. The lowest BCUT2D eigenvalue weighted by Gasteiger charge is -2.25. The van der Waals surface area contributed by atoms with Crippen molar-refractivity contribution in [2.75, 3.05) is 20.3 Å². The van der Waals surface area contributed by atoms with Crippen LogP contribution in [0, 0.1) is 6.92 Å². The molecule has 0 radical (unpaired) electrons. The van der Waals surface area contributed by atoms with Crippen LogP contribution < -0.4 is 4.74 Å². The van der Waals surface area contributed by atoms with Crippen LogP contribution in [0.15, 0.2) is 82.8 Å². The Morgan fingerprint density at radius 2 is 1.81 bits per heavy atom. The highest BCUT2D eigenvalue weighted by Crippen LogP contribution is 2.40. The predicted octanol–water partition coefficient (Wildman–Crippen LogP) is 5.79. The highest BCUT2D eigenvalue weighted by Gasteiger charge is 2.45. The van der Waals surface area contributed by atoms with Crippen molar-refractivity contribution in [3.05, 3.63) is 105 Å². The molecule has 0 spiro atoms. The lowest BCUT2D eigenvalue weighted by Crippen LogP contribution is -2.31. The third-order valence-corrected chi connectivity index (χ3v) is 6.65. The summed E-state index contributed by atoms with van der Waals surface area (Å²) in [6, 6.07) is 21.9. The van der Waals surface area contributed by atoms with E-state index in [1.165, 1.54) is 4.90 Å². The van der Waals surface area contributed by atoms with Crippen molar-refractivity contribution in [1.29, 1.82) is 0 Å². The number of aryl methyl sites for hydroxylation is 1. The molecule has 1 atom stereocenters. The predicted molar refractivity (Wildman–Crippen MR) is 142 cm³/mol. The Kier molecular flexibility index (Phi) is 8.23. The summed E-state index contributed by atoms with van der Waals surface area (Å²) in [5.74, 6) is -0.868. The first-order chi connectivity index (χ1) is 17.4. The van der Waals surface area contributed by atoms with Crippen molar-refractivity contribution >= 4 is 33.4 Å². The maximum atomic E-state index is 13.2. The highest BCUT2D eigenvalue weighted by atomic mass is 79.9. The van der Waals surface area contributed by atoms with Crippen molar-refractivity contribution in [3.8, 4) is 5.75 Å². The number of carbonyl (C=O) groups is 2. The summed E-state index contributed by atoms with van der Waals surface area (Å²) in [6.07, 6.45) is 0.570. The average Bonchev–Trinajstić information content (AvgIpc) is 3.13. The molecule has 3 aromatic rings. The molecule has 36 heavy (non-hydrogen) atoms. The van der Waals surface area contributed by atoms with E-state index in [9.17, 15) is 14.7 Å².